The third kappa shape index (κ3) is 8.46. The van der Waals surface area contributed by atoms with Crippen LogP contribution < -0.4 is 5.32 Å². The summed E-state index contributed by atoms with van der Waals surface area (Å²) >= 11 is 0. The monoisotopic (exact) mass is 379 g/mol. The van der Waals surface area contributed by atoms with E-state index in [4.69, 9.17) is 9.05 Å². The minimum absolute atomic E-state index is 0.353. The van der Waals surface area contributed by atoms with E-state index in [1.54, 1.807) is 0 Å². The van der Waals surface area contributed by atoms with Gasteiger partial charge in [0.15, 0.2) is 0 Å². The molecule has 0 saturated heterocycles. The van der Waals surface area contributed by atoms with Crippen molar-refractivity contribution in [2.24, 2.45) is 0 Å². The van der Waals surface area contributed by atoms with E-state index in [0.29, 0.717) is 19.8 Å². The number of rotatable bonds is 12. The van der Waals surface area contributed by atoms with Crippen LogP contribution in [0.1, 0.15) is 53.0 Å². The molecular formula is C21H34NO3P. The largest absolute Gasteiger partial charge is 0.351 e. The summed E-state index contributed by atoms with van der Waals surface area (Å²) < 4.78 is 24.4. The van der Waals surface area contributed by atoms with Gasteiger partial charge in [-0.1, -0.05) is 53.6 Å². The van der Waals surface area contributed by atoms with Crippen molar-refractivity contribution < 1.29 is 13.6 Å². The molecule has 4 nitrogen and oxygen atoms in total. The summed E-state index contributed by atoms with van der Waals surface area (Å²) in [6.45, 7) is 11.3. The van der Waals surface area contributed by atoms with Gasteiger partial charge in [0, 0.05) is 6.54 Å². The molecule has 1 aromatic carbocycles. The van der Waals surface area contributed by atoms with Crippen molar-refractivity contribution >= 4 is 7.60 Å². The number of hydrogen-bond acceptors (Lipinski definition) is 4. The summed E-state index contributed by atoms with van der Waals surface area (Å²) in [6.07, 6.45) is 6.12. The molecule has 1 N–H and O–H groups in total. The van der Waals surface area contributed by atoms with Gasteiger partial charge >= 0.3 is 7.60 Å². The van der Waals surface area contributed by atoms with Gasteiger partial charge in [-0.15, -0.1) is 0 Å². The summed E-state index contributed by atoms with van der Waals surface area (Å²) in [5.74, 6) is -0.464. The van der Waals surface area contributed by atoms with E-state index in [1.807, 2.05) is 50.3 Å². The van der Waals surface area contributed by atoms with Gasteiger partial charge in [-0.05, 0) is 53.0 Å². The minimum Gasteiger partial charge on any atom is -0.308 e. The first kappa shape index (κ1) is 22.9. The summed E-state index contributed by atoms with van der Waals surface area (Å²) in [4.78, 5) is 0. The first-order valence-corrected chi connectivity index (χ1v) is 11.0. The first-order chi connectivity index (χ1) is 12.4. The van der Waals surface area contributed by atoms with E-state index < -0.39 is 13.4 Å². The van der Waals surface area contributed by atoms with Gasteiger partial charge in [-0.25, -0.2) is 0 Å². The molecule has 146 valence electrons. The van der Waals surface area contributed by atoms with Gasteiger partial charge in [-0.2, -0.15) is 0 Å². The Bertz CT molecular complexity index is 611. The van der Waals surface area contributed by atoms with E-state index >= 15 is 0 Å². The van der Waals surface area contributed by atoms with Crippen LogP contribution in [0.15, 0.2) is 53.6 Å². The zero-order valence-electron chi connectivity index (χ0n) is 16.8. The Kier molecular flexibility index (Phi) is 10.8. The van der Waals surface area contributed by atoms with Crippen LogP contribution in [0.4, 0.5) is 0 Å². The summed E-state index contributed by atoms with van der Waals surface area (Å²) in [5.41, 5.74) is 3.62. The molecule has 1 aromatic rings. The first-order valence-electron chi connectivity index (χ1n) is 9.38. The summed E-state index contributed by atoms with van der Waals surface area (Å²) in [5, 5.41) is 3.37. The molecule has 0 heterocycles. The normalized spacial score (nSPS) is 13.5. The third-order valence-electron chi connectivity index (χ3n) is 3.85. The third-order valence-corrected chi connectivity index (χ3v) is 6.10. The van der Waals surface area contributed by atoms with E-state index in [1.165, 1.54) is 11.1 Å². The standard InChI is InChI=1S/C21H34NO3P/c1-6-24-26(23,25-7-2)21(16-19(5)13-11-12-18(3)4)22-17-20-14-9-8-10-15-20/h8-10,12,14-16,21-22H,6-7,11,13,17H2,1-5H3/b19-16+. The van der Waals surface area contributed by atoms with Crippen LogP contribution >= 0.6 is 7.60 Å². The van der Waals surface area contributed by atoms with Crippen LogP contribution in [0.2, 0.25) is 0 Å². The van der Waals surface area contributed by atoms with E-state index in [9.17, 15) is 4.57 Å². The molecule has 0 aliphatic heterocycles. The highest BCUT2D eigenvalue weighted by Crippen LogP contribution is 2.52. The number of allylic oxidation sites excluding steroid dienone is 3. The topological polar surface area (TPSA) is 47.6 Å². The fraction of sp³-hybridized carbons (Fsp3) is 0.524. The quantitative estimate of drug-likeness (QED) is 0.354. The maximum Gasteiger partial charge on any atom is 0.351 e. The lowest BCUT2D eigenvalue weighted by molar-refractivity contribution is 0.211. The van der Waals surface area contributed by atoms with E-state index in [2.05, 4.69) is 32.2 Å². The van der Waals surface area contributed by atoms with Gasteiger partial charge in [0.1, 0.15) is 5.78 Å². The predicted octanol–water partition coefficient (Wildman–Crippen LogP) is 6.06. The Hall–Kier alpha value is -1.19. The Morgan fingerprint density at radius 3 is 2.27 bits per heavy atom. The van der Waals surface area contributed by atoms with E-state index in [0.717, 1.165) is 18.4 Å². The smallest absolute Gasteiger partial charge is 0.308 e. The molecule has 0 aliphatic rings. The van der Waals surface area contributed by atoms with Crippen molar-refractivity contribution in [1.29, 1.82) is 0 Å². The second kappa shape index (κ2) is 12.2. The van der Waals surface area contributed by atoms with Crippen LogP contribution in [0.25, 0.3) is 0 Å². The second-order valence-electron chi connectivity index (χ2n) is 6.52. The molecule has 1 atom stereocenters. The lowest BCUT2D eigenvalue weighted by atomic mass is 10.1. The van der Waals surface area contributed by atoms with Crippen LogP contribution in [0.3, 0.4) is 0 Å². The van der Waals surface area contributed by atoms with Gasteiger partial charge in [-0.3, -0.25) is 9.88 Å². The van der Waals surface area contributed by atoms with Gasteiger partial charge < -0.3 is 9.05 Å². The molecule has 1 unspecified atom stereocenters. The molecule has 0 amide bonds. The SMILES string of the molecule is CCOP(=O)(OCC)C(/C=C(\C)CCC=C(C)C)NCc1ccccc1. The predicted molar refractivity (Wildman–Crippen MR) is 110 cm³/mol. The van der Waals surface area contributed by atoms with Crippen LogP contribution in [-0.2, 0) is 20.2 Å². The van der Waals surface area contributed by atoms with E-state index in [-0.39, 0.29) is 0 Å². The molecule has 0 fully saturated rings. The molecule has 0 spiro atoms. The maximum atomic E-state index is 13.3. The van der Waals surface area contributed by atoms with Crippen LogP contribution in [0.5, 0.6) is 0 Å². The van der Waals surface area contributed by atoms with Gasteiger partial charge in [0.05, 0.1) is 13.2 Å². The average Bonchev–Trinajstić information content (AvgIpc) is 2.59. The van der Waals surface area contributed by atoms with Crippen molar-refractivity contribution in [3.63, 3.8) is 0 Å². The van der Waals surface area contributed by atoms with Crippen LogP contribution in [0, 0.1) is 0 Å². The zero-order chi connectivity index (χ0) is 19.4. The number of nitrogens with one attached hydrogen (secondary N) is 1. The Morgan fingerprint density at radius 1 is 1.12 bits per heavy atom. The maximum absolute atomic E-state index is 13.3. The lowest BCUT2D eigenvalue weighted by Crippen LogP contribution is -2.29. The fourth-order valence-electron chi connectivity index (χ4n) is 2.58. The lowest BCUT2D eigenvalue weighted by Gasteiger charge is -2.25. The van der Waals surface area contributed by atoms with Crippen molar-refractivity contribution in [1.82, 2.24) is 5.32 Å². The molecule has 0 aliphatic carbocycles. The molecule has 0 bridgehead atoms. The molecule has 0 radical (unpaired) electrons. The molecular weight excluding hydrogens is 345 g/mol. The molecule has 0 saturated carbocycles. The summed E-state index contributed by atoms with van der Waals surface area (Å²) in [6, 6.07) is 10.1. The second-order valence-corrected chi connectivity index (χ2v) is 8.67. The highest BCUT2D eigenvalue weighted by molar-refractivity contribution is 7.54. The number of hydrogen-bond donors (Lipinski definition) is 1. The van der Waals surface area contributed by atoms with Gasteiger partial charge in [0.25, 0.3) is 0 Å². The molecule has 0 aromatic heterocycles. The molecule has 5 heteroatoms. The van der Waals surface area contributed by atoms with Crippen molar-refractivity contribution in [3.8, 4) is 0 Å². The fourth-order valence-corrected chi connectivity index (χ4v) is 4.45. The highest BCUT2D eigenvalue weighted by Gasteiger charge is 2.33. The van der Waals surface area contributed by atoms with Gasteiger partial charge in [0.2, 0.25) is 0 Å². The molecule has 1 rings (SSSR count). The molecule has 26 heavy (non-hydrogen) atoms. The minimum atomic E-state index is -3.27. The van der Waals surface area contributed by atoms with Crippen molar-refractivity contribution in [3.05, 3.63) is 59.2 Å². The van der Waals surface area contributed by atoms with Crippen LogP contribution in [-0.4, -0.2) is 19.0 Å². The Balaban J connectivity index is 2.95. The number of benzene rings is 1. The zero-order valence-corrected chi connectivity index (χ0v) is 17.7. The highest BCUT2D eigenvalue weighted by atomic mass is 31.2. The van der Waals surface area contributed by atoms with Crippen molar-refractivity contribution in [2.75, 3.05) is 13.2 Å². The Labute approximate surface area is 159 Å². The summed E-state index contributed by atoms with van der Waals surface area (Å²) in [7, 11) is -3.27. The average molecular weight is 379 g/mol. The van der Waals surface area contributed by atoms with Crippen molar-refractivity contribution in [2.45, 2.75) is 59.8 Å². The Morgan fingerprint density at radius 2 is 1.73 bits per heavy atom.